The van der Waals surface area contributed by atoms with Gasteiger partial charge in [0.15, 0.2) is 0 Å². The standard InChI is InChI=1S/C31H49N7O8/c1-7-19(6)27(30(45)34-16-24(41)42)38-31(46)26(18(4)5)37-28(43)21(13-20-11-9-8-10-12-20)35-23(40)15-33-29(44)25(17(2)3)36-22(39)14-32/h8-12,17-19,21,25-27H,7,13-16,32H2,1-6H3,(H,33,44)(H,34,45)(H,35,40)(H,36,39)(H,37,43)(H,38,46)(H,41,42)/t19-,21-,25-,26-,27-/m0/s1. The van der Waals surface area contributed by atoms with Crippen LogP contribution in [0.4, 0.5) is 0 Å². The number of rotatable bonds is 19. The number of aliphatic carboxylic acids is 1. The van der Waals surface area contributed by atoms with Crippen LogP contribution in [0, 0.1) is 17.8 Å². The largest absolute Gasteiger partial charge is 0.480 e. The number of carboxylic acid groups (broad SMARTS) is 1. The van der Waals surface area contributed by atoms with Crippen LogP contribution in [0.15, 0.2) is 30.3 Å². The molecule has 0 aliphatic rings. The third-order valence-electron chi connectivity index (χ3n) is 7.26. The first-order valence-electron chi connectivity index (χ1n) is 15.3. The summed E-state index contributed by atoms with van der Waals surface area (Å²) >= 11 is 0. The molecule has 1 aromatic carbocycles. The van der Waals surface area contributed by atoms with E-state index in [4.69, 9.17) is 10.8 Å². The van der Waals surface area contributed by atoms with Crippen LogP contribution in [-0.2, 0) is 40.0 Å². The van der Waals surface area contributed by atoms with Gasteiger partial charge in [-0.3, -0.25) is 33.6 Å². The van der Waals surface area contributed by atoms with Gasteiger partial charge in [0.1, 0.15) is 30.7 Å². The molecule has 0 aromatic heterocycles. The van der Waals surface area contributed by atoms with E-state index in [0.29, 0.717) is 12.0 Å². The lowest BCUT2D eigenvalue weighted by Crippen LogP contribution is -2.60. The molecule has 0 aliphatic carbocycles. The number of hydrogen-bond acceptors (Lipinski definition) is 8. The van der Waals surface area contributed by atoms with Gasteiger partial charge in [0.05, 0.1) is 13.1 Å². The molecule has 0 fully saturated rings. The van der Waals surface area contributed by atoms with Crippen molar-refractivity contribution in [3.8, 4) is 0 Å². The Morgan fingerprint density at radius 3 is 1.72 bits per heavy atom. The highest BCUT2D eigenvalue weighted by molar-refractivity contribution is 5.96. The van der Waals surface area contributed by atoms with Gasteiger partial charge in [-0.25, -0.2) is 0 Å². The van der Waals surface area contributed by atoms with E-state index in [1.54, 1.807) is 65.0 Å². The molecular formula is C31H49N7O8. The molecule has 0 radical (unpaired) electrons. The number of carboxylic acids is 1. The van der Waals surface area contributed by atoms with Crippen molar-refractivity contribution in [1.29, 1.82) is 0 Å². The Kier molecular flexibility index (Phi) is 17.0. The van der Waals surface area contributed by atoms with Crippen molar-refractivity contribution in [2.75, 3.05) is 19.6 Å². The number of nitrogens with one attached hydrogen (secondary N) is 6. The SMILES string of the molecule is CC[C@H](C)[C@H](NC(=O)[C@@H](NC(=O)[C@H](Cc1ccccc1)NC(=O)CNC(=O)[C@@H](NC(=O)CN)C(C)C)C(C)C)C(=O)NCC(=O)O. The zero-order chi connectivity index (χ0) is 35.0. The summed E-state index contributed by atoms with van der Waals surface area (Å²) in [6.07, 6.45) is 0.566. The normalized spacial score (nSPS) is 14.2. The zero-order valence-corrected chi connectivity index (χ0v) is 27.3. The van der Waals surface area contributed by atoms with Gasteiger partial charge in [-0.15, -0.1) is 0 Å². The van der Waals surface area contributed by atoms with Crippen LogP contribution < -0.4 is 37.6 Å². The predicted molar refractivity (Wildman–Crippen MR) is 170 cm³/mol. The van der Waals surface area contributed by atoms with Gasteiger partial charge in [0, 0.05) is 6.42 Å². The van der Waals surface area contributed by atoms with Crippen molar-refractivity contribution in [3.63, 3.8) is 0 Å². The van der Waals surface area contributed by atoms with Crippen LogP contribution in [0.2, 0.25) is 0 Å². The van der Waals surface area contributed by atoms with Crippen LogP contribution in [0.1, 0.15) is 53.5 Å². The van der Waals surface area contributed by atoms with E-state index in [1.807, 2.05) is 6.92 Å². The molecular weight excluding hydrogens is 598 g/mol. The fourth-order valence-electron chi connectivity index (χ4n) is 4.36. The molecule has 46 heavy (non-hydrogen) atoms. The van der Waals surface area contributed by atoms with Crippen molar-refractivity contribution in [2.24, 2.45) is 23.5 Å². The zero-order valence-electron chi connectivity index (χ0n) is 27.3. The molecule has 0 spiro atoms. The number of nitrogens with two attached hydrogens (primary N) is 1. The smallest absolute Gasteiger partial charge is 0.322 e. The summed E-state index contributed by atoms with van der Waals surface area (Å²) in [5, 5.41) is 24.1. The molecule has 1 aromatic rings. The molecule has 6 amide bonds. The number of amides is 6. The predicted octanol–water partition coefficient (Wildman–Crippen LogP) is -1.20. The minimum atomic E-state index is -1.24. The van der Waals surface area contributed by atoms with Gasteiger partial charge < -0.3 is 42.7 Å². The molecule has 5 atom stereocenters. The van der Waals surface area contributed by atoms with E-state index in [0.717, 1.165) is 0 Å². The minimum Gasteiger partial charge on any atom is -0.480 e. The monoisotopic (exact) mass is 647 g/mol. The van der Waals surface area contributed by atoms with Crippen LogP contribution >= 0.6 is 0 Å². The Morgan fingerprint density at radius 2 is 1.20 bits per heavy atom. The van der Waals surface area contributed by atoms with E-state index in [1.165, 1.54) is 0 Å². The van der Waals surface area contributed by atoms with Crippen molar-refractivity contribution in [3.05, 3.63) is 35.9 Å². The Balaban J connectivity index is 3.11. The maximum atomic E-state index is 13.6. The average Bonchev–Trinajstić information content (AvgIpc) is 3.01. The van der Waals surface area contributed by atoms with E-state index < -0.39 is 84.6 Å². The summed E-state index contributed by atoms with van der Waals surface area (Å²) in [4.78, 5) is 88.0. The second-order valence-corrected chi connectivity index (χ2v) is 11.7. The highest BCUT2D eigenvalue weighted by Gasteiger charge is 2.33. The van der Waals surface area contributed by atoms with E-state index >= 15 is 0 Å². The summed E-state index contributed by atoms with van der Waals surface area (Å²) in [7, 11) is 0. The Bertz CT molecular complexity index is 1210. The molecule has 0 aliphatic heterocycles. The second-order valence-electron chi connectivity index (χ2n) is 11.7. The topological polar surface area (TPSA) is 238 Å². The number of benzene rings is 1. The number of hydrogen-bond donors (Lipinski definition) is 8. The van der Waals surface area contributed by atoms with Gasteiger partial charge >= 0.3 is 5.97 Å². The van der Waals surface area contributed by atoms with Gasteiger partial charge in [0.2, 0.25) is 35.4 Å². The van der Waals surface area contributed by atoms with E-state index in [-0.39, 0.29) is 24.8 Å². The molecule has 0 bridgehead atoms. The van der Waals surface area contributed by atoms with Crippen molar-refractivity contribution in [1.82, 2.24) is 31.9 Å². The Hall–Kier alpha value is -4.53. The lowest BCUT2D eigenvalue weighted by Gasteiger charge is -2.29. The minimum absolute atomic E-state index is 0.0626. The van der Waals surface area contributed by atoms with Gasteiger partial charge in [-0.05, 0) is 23.3 Å². The molecule has 9 N–H and O–H groups in total. The number of carbonyl (C=O) groups is 7. The quantitative estimate of drug-likeness (QED) is 0.0899. The van der Waals surface area contributed by atoms with Crippen LogP contribution in [-0.4, -0.2) is 90.3 Å². The summed E-state index contributed by atoms with van der Waals surface area (Å²) in [5.74, 6) is -6.14. The molecule has 0 unspecified atom stereocenters. The van der Waals surface area contributed by atoms with Crippen LogP contribution in [0.5, 0.6) is 0 Å². The average molecular weight is 648 g/mol. The maximum Gasteiger partial charge on any atom is 0.322 e. The molecule has 15 heteroatoms. The molecule has 256 valence electrons. The lowest BCUT2D eigenvalue weighted by molar-refractivity contribution is -0.139. The van der Waals surface area contributed by atoms with Crippen molar-refractivity contribution < 1.29 is 38.7 Å². The van der Waals surface area contributed by atoms with Gasteiger partial charge in [-0.1, -0.05) is 78.3 Å². The molecule has 0 saturated carbocycles. The molecule has 1 rings (SSSR count). The summed E-state index contributed by atoms with van der Waals surface area (Å²) < 4.78 is 0. The maximum absolute atomic E-state index is 13.6. The molecule has 15 nitrogen and oxygen atoms in total. The summed E-state index contributed by atoms with van der Waals surface area (Å²) in [6, 6.07) is 4.61. The Morgan fingerprint density at radius 1 is 0.674 bits per heavy atom. The molecule has 0 saturated heterocycles. The van der Waals surface area contributed by atoms with E-state index in [2.05, 4.69) is 31.9 Å². The number of carbonyl (C=O) groups excluding carboxylic acids is 6. The highest BCUT2D eigenvalue weighted by atomic mass is 16.4. The third-order valence-corrected chi connectivity index (χ3v) is 7.26. The van der Waals surface area contributed by atoms with E-state index in [9.17, 15) is 33.6 Å². The fourth-order valence-corrected chi connectivity index (χ4v) is 4.36. The van der Waals surface area contributed by atoms with Crippen molar-refractivity contribution >= 4 is 41.4 Å². The second kappa shape index (κ2) is 19.8. The first-order valence-corrected chi connectivity index (χ1v) is 15.3. The van der Waals surface area contributed by atoms with Crippen LogP contribution in [0.25, 0.3) is 0 Å². The summed E-state index contributed by atoms with van der Waals surface area (Å²) in [6.45, 7) is 8.96. The highest BCUT2D eigenvalue weighted by Crippen LogP contribution is 2.11. The third kappa shape index (κ3) is 13.6. The van der Waals surface area contributed by atoms with Crippen molar-refractivity contribution in [2.45, 2.75) is 78.6 Å². The first-order chi connectivity index (χ1) is 21.6. The molecule has 0 heterocycles. The Labute approximate surface area is 269 Å². The van der Waals surface area contributed by atoms with Crippen LogP contribution in [0.3, 0.4) is 0 Å². The first kappa shape index (κ1) is 39.5. The van der Waals surface area contributed by atoms with Gasteiger partial charge in [-0.2, -0.15) is 0 Å². The summed E-state index contributed by atoms with van der Waals surface area (Å²) in [5.41, 5.74) is 6.05. The van der Waals surface area contributed by atoms with Gasteiger partial charge in [0.25, 0.3) is 0 Å². The lowest BCUT2D eigenvalue weighted by atomic mass is 9.96. The fraction of sp³-hybridized carbons (Fsp3) is 0.581.